The van der Waals surface area contributed by atoms with Gasteiger partial charge in [0.25, 0.3) is 5.09 Å². The fraction of sp³-hybridized carbons (Fsp3) is 0.446. The summed E-state index contributed by atoms with van der Waals surface area (Å²) in [7, 11) is 7.01. The molecule has 2 amide bonds. The first-order valence-corrected chi connectivity index (χ1v) is 44.5. The number of alkyl carbamates (subject to hydrolysis) is 2. The minimum atomic E-state index is -1.50. The van der Waals surface area contributed by atoms with Crippen LogP contribution < -0.4 is 59.2 Å². The molecule has 2 spiro atoms. The van der Waals surface area contributed by atoms with Crippen molar-refractivity contribution in [2.45, 2.75) is 169 Å². The number of phenols is 2. The molecule has 39 heteroatoms. The molecule has 16 heterocycles. The number of carbonyl (C=O) groups is 6. The minimum absolute atomic E-state index is 0. The molecule has 10 N–H and O–H groups in total. The van der Waals surface area contributed by atoms with E-state index in [0.29, 0.717) is 128 Å². The molecule has 2 aromatic heterocycles. The molecule has 14 aliphatic heterocycles. The van der Waals surface area contributed by atoms with Crippen LogP contribution in [0.25, 0.3) is 21.8 Å². The zero-order valence-corrected chi connectivity index (χ0v) is 75.7. The number of amides is 2. The van der Waals surface area contributed by atoms with Crippen LogP contribution in [-0.4, -0.2) is 233 Å². The summed E-state index contributed by atoms with van der Waals surface area (Å²) < 4.78 is 72.3. The fourth-order valence-corrected chi connectivity index (χ4v) is 25.7. The van der Waals surface area contributed by atoms with Crippen LogP contribution in [0.15, 0.2) is 86.0 Å². The van der Waals surface area contributed by atoms with Crippen LogP contribution >= 0.6 is 23.5 Å². The molecule has 0 saturated carbocycles. The Hall–Kier alpha value is -11.4. The molecule has 0 unspecified atom stereocenters. The Balaban J connectivity index is 0.000000181. The van der Waals surface area contributed by atoms with E-state index in [1.807, 2.05) is 107 Å². The van der Waals surface area contributed by atoms with Crippen molar-refractivity contribution >= 4 is 81.4 Å². The van der Waals surface area contributed by atoms with E-state index in [2.05, 4.69) is 65.2 Å². The van der Waals surface area contributed by atoms with Gasteiger partial charge in [-0.3, -0.25) is 39.8 Å². The number of nitrogens with zero attached hydrogens (tertiary/aromatic N) is 6. The molecule has 16 atom stereocenters. The number of nitriles is 1. The number of carbonyl (C=O) groups excluding carboxylic acids is 6. The van der Waals surface area contributed by atoms with Gasteiger partial charge in [-0.15, -0.1) is 33.6 Å². The maximum absolute atomic E-state index is 15.3. The summed E-state index contributed by atoms with van der Waals surface area (Å²) in [6.07, 6.45) is 2.51. The number of aliphatic hydroxyl groups excluding tert-OH is 1. The van der Waals surface area contributed by atoms with Crippen molar-refractivity contribution < 1.29 is 134 Å². The maximum atomic E-state index is 15.3. The Morgan fingerprint density at radius 1 is 0.626 bits per heavy atom. The van der Waals surface area contributed by atoms with E-state index in [1.54, 1.807) is 0 Å². The van der Waals surface area contributed by atoms with Gasteiger partial charge in [0.2, 0.25) is 13.6 Å². The number of phenolic OH excluding ortho intramolecular Hbond substituents is 2. The number of hydrogen-bond donors (Lipinski definition) is 10. The van der Waals surface area contributed by atoms with Crippen LogP contribution in [0.5, 0.6) is 57.5 Å². The third-order valence-electron chi connectivity index (χ3n) is 27.3. The number of likely N-dealkylation sites (N-methyl/N-ethyl adjacent to an activating group) is 2. The van der Waals surface area contributed by atoms with E-state index in [9.17, 15) is 39.8 Å². The third-order valence-corrected chi connectivity index (χ3v) is 30.2. The van der Waals surface area contributed by atoms with Crippen LogP contribution in [0, 0.1) is 49.1 Å². The van der Waals surface area contributed by atoms with Crippen molar-refractivity contribution in [3.8, 4) is 63.6 Å². The predicted molar refractivity (Wildman–Crippen MR) is 472 cm³/mol. The molecule has 4 fully saturated rings. The first-order valence-electron chi connectivity index (χ1n) is 42.4. The molecular formula is C92H102AgN12O24S2. The van der Waals surface area contributed by atoms with Crippen molar-refractivity contribution in [1.82, 2.24) is 50.8 Å². The number of ether oxygens (including phenoxy) is 12. The second kappa shape index (κ2) is 36.3. The van der Waals surface area contributed by atoms with E-state index in [0.717, 1.165) is 55.2 Å². The van der Waals surface area contributed by atoms with Crippen molar-refractivity contribution in [3.05, 3.63) is 185 Å². The van der Waals surface area contributed by atoms with E-state index < -0.39 is 129 Å². The number of benzene rings is 6. The first-order chi connectivity index (χ1) is 62.0. The van der Waals surface area contributed by atoms with Crippen LogP contribution in [0.4, 0.5) is 9.59 Å². The van der Waals surface area contributed by atoms with E-state index in [-0.39, 0.29) is 112 Å². The number of hydrogen-bond acceptors (Lipinski definition) is 32. The zero-order chi connectivity index (χ0) is 91.0. The van der Waals surface area contributed by atoms with E-state index in [1.165, 1.54) is 63.7 Å². The number of H-pyrrole nitrogens is 2. The molecule has 36 nitrogen and oxygen atoms in total. The number of aromatic nitrogens is 2. The smallest absolute Gasteiger partial charge is 0.407 e. The summed E-state index contributed by atoms with van der Waals surface area (Å²) in [5.74, 6) is 1.14. The van der Waals surface area contributed by atoms with Gasteiger partial charge >= 0.3 is 36.1 Å². The molecule has 697 valence electrons. The van der Waals surface area contributed by atoms with Gasteiger partial charge in [0, 0.05) is 157 Å². The third kappa shape index (κ3) is 15.1. The fourth-order valence-electron chi connectivity index (χ4n) is 22.4. The number of aryl methyl sites for hydroxylation is 2. The summed E-state index contributed by atoms with van der Waals surface area (Å²) in [6.45, 7) is 17.1. The van der Waals surface area contributed by atoms with Crippen molar-refractivity contribution in [1.29, 1.82) is 5.26 Å². The molecule has 131 heavy (non-hydrogen) atoms. The van der Waals surface area contributed by atoms with Gasteiger partial charge in [-0.05, 0) is 113 Å². The number of aromatic amines is 2. The molecule has 8 aromatic rings. The molecule has 22 rings (SSSR count). The quantitative estimate of drug-likeness (QED) is 0.0103. The van der Waals surface area contributed by atoms with Gasteiger partial charge in [0.05, 0.1) is 72.4 Å². The summed E-state index contributed by atoms with van der Waals surface area (Å²) >= 11 is 2.93. The second-order valence-corrected chi connectivity index (χ2v) is 36.5. The van der Waals surface area contributed by atoms with Crippen LogP contribution in [0.3, 0.4) is 0 Å². The van der Waals surface area contributed by atoms with Crippen molar-refractivity contribution in [3.63, 3.8) is 0 Å². The maximum Gasteiger partial charge on any atom is 0.407 e. The average molecular weight is 1930 g/mol. The Kier molecular flexibility index (Phi) is 25.7. The predicted octanol–water partition coefficient (Wildman–Crippen LogP) is 9.78. The summed E-state index contributed by atoms with van der Waals surface area (Å²) in [6, 6.07) is 16.2. The van der Waals surface area contributed by atoms with E-state index in [4.69, 9.17) is 72.2 Å². The van der Waals surface area contributed by atoms with Gasteiger partial charge < -0.3 is 98.0 Å². The number of esters is 4. The van der Waals surface area contributed by atoms with Crippen molar-refractivity contribution in [2.75, 3.05) is 92.9 Å². The molecule has 8 bridgehead atoms. The largest absolute Gasteiger partial charge is 0.504 e. The Bertz CT molecular complexity index is 6060. The number of rotatable bonds is 12. The number of piperazine rings is 2. The number of methoxy groups -OCH3 is 2. The number of fused-ring (bicyclic) bond motifs is 22. The van der Waals surface area contributed by atoms with Crippen LogP contribution in [0.1, 0.15) is 145 Å². The minimum Gasteiger partial charge on any atom is -0.504 e. The van der Waals surface area contributed by atoms with Crippen LogP contribution in [0.2, 0.25) is 0 Å². The van der Waals surface area contributed by atoms with Crippen molar-refractivity contribution in [2.24, 2.45) is 0 Å². The number of aliphatic hydroxyl groups is 1. The van der Waals surface area contributed by atoms with Crippen LogP contribution in [-0.2, 0) is 97.3 Å². The number of nitrogens with one attached hydrogen (secondary N) is 6. The average Bonchev–Trinajstić information content (AvgIpc) is 1.45. The summed E-state index contributed by atoms with van der Waals surface area (Å²) in [5.41, 5.74) is 10.3. The monoisotopic (exact) mass is 1930 g/mol. The van der Waals surface area contributed by atoms with E-state index >= 15 is 9.59 Å². The Morgan fingerprint density at radius 3 is 1.45 bits per heavy atom. The van der Waals surface area contributed by atoms with Gasteiger partial charge in [0.1, 0.15) is 50.2 Å². The number of thioether (sulfide) groups is 2. The normalized spacial score (nSPS) is 27.0. The topological polar surface area (TPSA) is 454 Å². The molecule has 4 saturated heterocycles. The van der Waals surface area contributed by atoms with Gasteiger partial charge in [-0.1, -0.05) is 81.3 Å². The Labute approximate surface area is 777 Å². The Morgan fingerprint density at radius 2 is 1.03 bits per heavy atom. The summed E-state index contributed by atoms with van der Waals surface area (Å²) in [4.78, 5) is 106. The molecule has 14 aliphatic rings. The molecule has 6 aromatic carbocycles. The molecule has 1 radical (unpaired) electrons. The number of aromatic hydroxyl groups is 2. The first kappa shape index (κ1) is 92.8. The molecular weight excluding hydrogens is 1830 g/mol. The summed E-state index contributed by atoms with van der Waals surface area (Å²) in [5, 5.41) is 75.6. The SMILES string of the molecule is C.C=CCOC(=O)NC[C@@H]1Cc2c([nH]c3ccccc23)[C@@]2(CS[C@@H]3c4c(OC(C)=O)c(C)c5c(c4[C@H](COC2=O)N2[C@@H]3[C@H]3c4c(cc(C)c(OC)c4O)C[C@@H]([C@@H]2C#N)N3C)OCO5)N1.C=CCOC(=O)NC[C@@H]1Cc2c([nH]c3ccccc23)[C@@]2(CS[C@@H]3c4c(OC(C)=O)c(C)c5c(c4[C@H](COC2=O)N2[C@@H]3[C@H]3c4c(cc(C)c(OC)c4O)C[C@@H]([C@@H]2O)N3C)OCO5)N1.O=[N+]([O-])O.[Ag]. The molecule has 0 aliphatic carbocycles. The standard InChI is InChI=1S/C46H48N6O10S.C45H49N5O11S.CH4.Ag.HNO3/c1-7-12-58-45(56)48-17-25-15-27-26-10-8-9-11-28(26)49-43(27)46(50-25)19-63-42-34-33(41-40(60-20-61-41)22(3)39(34)62-23(4)53)31(18-59-44(46)55)52-30(16-47)29-14-24-13-21(2)38(57-6)37(54)32(24)35(36(42)52)51(29)5;1-7-12-57-44(55)46-16-24-15-26-25-10-8-9-11-27(25)47-41(26)45(48-24)18-62-40-32-31(39-38(59-19-60-39)21(3)37(32)61-22(4)51)29(17-58-43(45)54)50-34(40)33-30-23(14-28(42(50)53)49(33)5)13-20(2)36(56-6)35(30)52;;;2-1(3)4/h7-11,13,25,29-31,35-36,42,49-50,54H,1,12,14-15,17-20H2,2-6H3,(H,48,56);7-11,13,24,28-29,33-34,40,42,47-48,52-53H,1,12,14-19H2,2-6H3,(H,46,55);1H4;;(H,2,3,4)/t25-,29-,30-,31-,35+,36+,42+,46+;24-,28-,29-,33+,34+,40+,42-,45+;;;/m00.../s1. The van der Waals surface area contributed by atoms with Gasteiger partial charge in [-0.2, -0.15) is 5.26 Å². The second-order valence-electron chi connectivity index (χ2n) is 34.2. The van der Waals surface area contributed by atoms with Gasteiger partial charge in [-0.25, -0.2) is 19.2 Å². The van der Waals surface area contributed by atoms with Gasteiger partial charge in [0.15, 0.2) is 57.1 Å². The zero-order valence-electron chi connectivity index (χ0n) is 72.6. The number of para-hydroxylation sites is 2.